The maximum Gasteiger partial charge on any atom is 0.260 e. The number of nitrogens with zero attached hydrogens (tertiary/aromatic N) is 1. The summed E-state index contributed by atoms with van der Waals surface area (Å²) < 4.78 is 6.00. The van der Waals surface area contributed by atoms with E-state index in [1.807, 2.05) is 26.8 Å². The zero-order valence-electron chi connectivity index (χ0n) is 26.7. The van der Waals surface area contributed by atoms with Crippen molar-refractivity contribution in [2.45, 2.75) is 37.5 Å². The van der Waals surface area contributed by atoms with E-state index in [1.165, 1.54) is 18.9 Å². The van der Waals surface area contributed by atoms with Crippen LogP contribution in [-0.4, -0.2) is 63.0 Å². The molecule has 1 heterocycles. The smallest absolute Gasteiger partial charge is 0.260 e. The van der Waals surface area contributed by atoms with Crippen molar-refractivity contribution in [1.29, 1.82) is 0 Å². The van der Waals surface area contributed by atoms with Gasteiger partial charge in [-0.25, -0.2) is 0 Å². The molecule has 1 aromatic heterocycles. The van der Waals surface area contributed by atoms with Crippen LogP contribution in [0.25, 0.3) is 28.4 Å². The number of thioether (sulfide) groups is 1. The number of ether oxygens (including phenoxy) is 1. The van der Waals surface area contributed by atoms with Crippen LogP contribution in [0.5, 0.6) is 5.75 Å². The first-order chi connectivity index (χ1) is 23.0. The van der Waals surface area contributed by atoms with Crippen molar-refractivity contribution in [3.05, 3.63) is 131 Å². The molecule has 48 heavy (non-hydrogen) atoms. The van der Waals surface area contributed by atoms with Crippen molar-refractivity contribution in [1.82, 2.24) is 9.88 Å². The monoisotopic (exact) mass is 670 g/mol. The fraction of sp³-hybridized carbons (Fsp3) is 0.306. The van der Waals surface area contributed by atoms with Crippen molar-refractivity contribution in [3.8, 4) is 5.75 Å². The molecule has 4 aliphatic carbocycles. The number of H-pyrrole nitrogens is 1. The summed E-state index contributed by atoms with van der Waals surface area (Å²) in [4.78, 5) is 71.9. The lowest BCUT2D eigenvalue weighted by Crippen LogP contribution is -2.51. The number of hydrogen-bond acceptors (Lipinski definition) is 11. The minimum absolute atomic E-state index is 0.108. The molecule has 0 saturated carbocycles. The zero-order valence-corrected chi connectivity index (χ0v) is 27.6. The van der Waals surface area contributed by atoms with Gasteiger partial charge in [-0.05, 0) is 61.3 Å². The quantitative estimate of drug-likeness (QED) is 0.189. The van der Waals surface area contributed by atoms with E-state index in [2.05, 4.69) is 9.88 Å². The van der Waals surface area contributed by atoms with Crippen LogP contribution >= 0.6 is 11.8 Å². The van der Waals surface area contributed by atoms with Gasteiger partial charge >= 0.3 is 0 Å². The van der Waals surface area contributed by atoms with Crippen LogP contribution in [0.1, 0.15) is 43.7 Å². The second-order valence-electron chi connectivity index (χ2n) is 11.8. The molecule has 1 spiro atoms. The third-order valence-corrected chi connectivity index (χ3v) is 10.9. The second-order valence-corrected chi connectivity index (χ2v) is 13.0. The minimum Gasteiger partial charge on any atom is -0.510 e. The number of phenolic OH excluding ortho intramolecular Hbond substituents is 1. The normalized spacial score (nSPS) is 18.4. The Morgan fingerprint density at radius 1 is 0.917 bits per heavy atom. The third kappa shape index (κ3) is 4.54. The van der Waals surface area contributed by atoms with Crippen LogP contribution < -0.4 is 37.7 Å². The molecule has 0 aliphatic heterocycles. The molecule has 0 amide bonds. The van der Waals surface area contributed by atoms with Crippen LogP contribution in [0.2, 0.25) is 0 Å². The summed E-state index contributed by atoms with van der Waals surface area (Å²) >= 11 is 1.29. The molecule has 6 rings (SSSR count). The summed E-state index contributed by atoms with van der Waals surface area (Å²) in [6.45, 7) is 8.01. The van der Waals surface area contributed by atoms with Crippen molar-refractivity contribution in [3.63, 3.8) is 0 Å². The first kappa shape index (κ1) is 33.1. The number of rotatable bonds is 9. The topological polar surface area (TPSA) is 174 Å². The summed E-state index contributed by atoms with van der Waals surface area (Å²) in [7, 11) is 1.42. The first-order valence-corrected chi connectivity index (χ1v) is 16.6. The van der Waals surface area contributed by atoms with Crippen LogP contribution in [0.3, 0.4) is 0 Å². The second kappa shape index (κ2) is 12.3. The van der Waals surface area contributed by atoms with E-state index in [0.29, 0.717) is 28.9 Å². The molecule has 0 fully saturated rings. The van der Waals surface area contributed by atoms with Crippen molar-refractivity contribution in [2.24, 2.45) is 0 Å². The molecule has 1 aromatic carbocycles. The van der Waals surface area contributed by atoms with Crippen LogP contribution in [-0.2, 0) is 10.2 Å². The molecule has 0 saturated heterocycles. The number of hydrogen-bond donors (Lipinski definition) is 4. The van der Waals surface area contributed by atoms with E-state index in [9.17, 15) is 39.3 Å². The number of fused-ring (bicyclic) bond motifs is 4. The van der Waals surface area contributed by atoms with E-state index in [4.69, 9.17) is 4.74 Å². The van der Waals surface area contributed by atoms with Gasteiger partial charge in [0.25, 0.3) is 5.56 Å². The van der Waals surface area contributed by atoms with Gasteiger partial charge in [0, 0.05) is 30.7 Å². The Bertz CT molecular complexity index is 2430. The van der Waals surface area contributed by atoms with Crippen molar-refractivity contribution in [2.75, 3.05) is 32.5 Å². The lowest BCUT2D eigenvalue weighted by Gasteiger charge is -2.35. The zero-order chi connectivity index (χ0) is 34.7. The molecule has 4 N–H and O–H groups in total. The van der Waals surface area contributed by atoms with Crippen LogP contribution in [0, 0.1) is 10.4 Å². The molecule has 12 heteroatoms. The van der Waals surface area contributed by atoms with Crippen molar-refractivity contribution < 1.29 is 20.1 Å². The number of methoxy groups -OCH3 is 1. The number of nitrogens with one attached hydrogen (secondary N) is 1. The van der Waals surface area contributed by atoms with E-state index < -0.39 is 82.2 Å². The summed E-state index contributed by atoms with van der Waals surface area (Å²) in [5.41, 5.74) is -6.08. The van der Waals surface area contributed by atoms with E-state index in [0.717, 1.165) is 25.2 Å². The van der Waals surface area contributed by atoms with Gasteiger partial charge in [0.15, 0.2) is 10.9 Å². The van der Waals surface area contributed by atoms with Gasteiger partial charge in [-0.2, -0.15) is 11.8 Å². The predicted octanol–water partition coefficient (Wildman–Crippen LogP) is 1.29. The lowest BCUT2D eigenvalue weighted by atomic mass is 9.78. The lowest BCUT2D eigenvalue weighted by molar-refractivity contribution is 0.101. The summed E-state index contributed by atoms with van der Waals surface area (Å²) in [6, 6.07) is 5.06. The SMILES string of the molecule is C/C=C/C=C/c1cc2cc3c(c(O)c2c(=O)[nH]1)C1(C(O)=c2c(=O)c4c(=O)ccc(=O)c=4c(=O)c2=C1O)C(SCCN(CC)CC)C3OC. The van der Waals surface area contributed by atoms with E-state index >= 15 is 0 Å². The predicted molar refractivity (Wildman–Crippen MR) is 186 cm³/mol. The van der Waals surface area contributed by atoms with Gasteiger partial charge in [0.1, 0.15) is 22.7 Å². The number of aliphatic hydroxyl groups excluding tert-OH is 2. The van der Waals surface area contributed by atoms with Crippen LogP contribution in [0.4, 0.5) is 0 Å². The Balaban J connectivity index is 1.76. The van der Waals surface area contributed by atoms with Gasteiger partial charge in [0.2, 0.25) is 10.9 Å². The molecule has 11 nitrogen and oxygen atoms in total. The largest absolute Gasteiger partial charge is 0.510 e. The molecule has 2 unspecified atom stereocenters. The van der Waals surface area contributed by atoms with Gasteiger partial charge in [-0.3, -0.25) is 24.0 Å². The fourth-order valence-corrected chi connectivity index (χ4v) is 8.90. The Morgan fingerprint density at radius 2 is 1.52 bits per heavy atom. The van der Waals surface area contributed by atoms with Gasteiger partial charge in [0.05, 0.1) is 37.6 Å². The summed E-state index contributed by atoms with van der Waals surface area (Å²) in [5.74, 6) is -1.67. The molecular weight excluding hydrogens is 636 g/mol. The van der Waals surface area contributed by atoms with Crippen molar-refractivity contribution >= 4 is 40.1 Å². The maximum atomic E-state index is 13.9. The molecule has 0 bridgehead atoms. The minimum atomic E-state index is -2.15. The number of aromatic hydroxyl groups is 1. The molecule has 248 valence electrons. The van der Waals surface area contributed by atoms with E-state index in [1.54, 1.807) is 30.4 Å². The number of phenols is 1. The molecular formula is C36H34N2O9S. The number of aromatic amines is 1. The number of allylic oxidation sites excluding steroid dienone is 3. The Morgan fingerprint density at radius 3 is 2.06 bits per heavy atom. The molecule has 2 aromatic rings. The highest BCUT2D eigenvalue weighted by atomic mass is 32.2. The first-order valence-electron chi connectivity index (χ1n) is 15.6. The highest BCUT2D eigenvalue weighted by Gasteiger charge is 2.63. The van der Waals surface area contributed by atoms with Crippen LogP contribution in [0.15, 0.2) is 66.5 Å². The average molecular weight is 671 g/mol. The Labute approximate surface area is 276 Å². The van der Waals surface area contributed by atoms with Gasteiger partial charge < -0.3 is 29.9 Å². The summed E-state index contributed by atoms with van der Waals surface area (Å²) in [6.07, 6.45) is 6.10. The molecule has 0 radical (unpaired) electrons. The number of aliphatic hydroxyl groups is 2. The number of benzene rings is 1. The van der Waals surface area contributed by atoms with E-state index in [-0.39, 0.29) is 10.9 Å². The summed E-state index contributed by atoms with van der Waals surface area (Å²) in [5, 5.41) is 33.0. The Kier molecular flexibility index (Phi) is 8.52. The maximum absolute atomic E-state index is 13.9. The third-order valence-electron chi connectivity index (χ3n) is 9.50. The molecule has 4 aliphatic rings. The fourth-order valence-electron chi connectivity index (χ4n) is 7.26. The number of pyridine rings is 1. The highest BCUT2D eigenvalue weighted by Crippen LogP contribution is 2.62. The highest BCUT2D eigenvalue weighted by molar-refractivity contribution is 8.00. The molecule has 2 atom stereocenters. The van der Waals surface area contributed by atoms with Gasteiger partial charge in [-0.1, -0.05) is 32.1 Å². The van der Waals surface area contributed by atoms with Gasteiger partial charge in [-0.15, -0.1) is 0 Å². The average Bonchev–Trinajstić information content (AvgIpc) is 3.47. The standard InChI is InChI=1S/C36H34N2O9S/c1-5-8-9-10-18-15-17-16-19-27(30(43)22(17)35(46)37-18)36(34(31(19)47-4)48-14-13-38(6-2)7-3)32(44)25-26(33(36)45)29(42)24-21(40)12-11-20(39)23(24)28(25)41/h5,8-12,15-16,31,34,43-45H,6-7,13-14H2,1-4H3,(H,37,46)/b8-5+,10-9+. The number of aromatic nitrogens is 1. The Hall–Kier alpha value is -4.78.